The molecule has 1 N–H and O–H groups in total. The highest BCUT2D eigenvalue weighted by Gasteiger charge is 2.18. The third-order valence-corrected chi connectivity index (χ3v) is 4.81. The standard InChI is InChI=1S/C18H23BrN4/c1-23(2)18-21-11-13(12-22-18)10-20-17-6-4-3-5-14-9-15(19)7-8-16(14)17/h7-9,11-12,17,20H,3-6,10H2,1-2H3. The van der Waals surface area contributed by atoms with Gasteiger partial charge < -0.3 is 10.2 Å². The Labute approximate surface area is 146 Å². The highest BCUT2D eigenvalue weighted by Crippen LogP contribution is 2.30. The zero-order valence-electron chi connectivity index (χ0n) is 13.7. The lowest BCUT2D eigenvalue weighted by Gasteiger charge is -2.20. The molecule has 0 bridgehead atoms. The second-order valence-electron chi connectivity index (χ2n) is 6.31. The summed E-state index contributed by atoms with van der Waals surface area (Å²) in [6.45, 7) is 0.799. The number of anilines is 1. The summed E-state index contributed by atoms with van der Waals surface area (Å²) in [5.74, 6) is 0.749. The minimum atomic E-state index is 0.411. The zero-order chi connectivity index (χ0) is 16.2. The Hall–Kier alpha value is -1.46. The molecule has 0 amide bonds. The smallest absolute Gasteiger partial charge is 0.224 e. The zero-order valence-corrected chi connectivity index (χ0v) is 15.3. The highest BCUT2D eigenvalue weighted by atomic mass is 79.9. The van der Waals surface area contributed by atoms with Gasteiger partial charge in [-0.25, -0.2) is 9.97 Å². The molecule has 0 spiro atoms. The van der Waals surface area contributed by atoms with Gasteiger partial charge in [0.1, 0.15) is 0 Å². The van der Waals surface area contributed by atoms with E-state index in [-0.39, 0.29) is 0 Å². The summed E-state index contributed by atoms with van der Waals surface area (Å²) in [7, 11) is 3.90. The third kappa shape index (κ3) is 4.09. The van der Waals surface area contributed by atoms with E-state index < -0.39 is 0 Å². The Balaban J connectivity index is 1.70. The number of rotatable bonds is 4. The van der Waals surface area contributed by atoms with Crippen molar-refractivity contribution in [2.45, 2.75) is 38.3 Å². The summed E-state index contributed by atoms with van der Waals surface area (Å²) in [6.07, 6.45) is 8.71. The number of nitrogens with one attached hydrogen (secondary N) is 1. The SMILES string of the molecule is CN(C)c1ncc(CNC2CCCCc3cc(Br)ccc32)cn1. The van der Waals surface area contributed by atoms with E-state index in [0.717, 1.165) is 18.1 Å². The molecule has 3 rings (SSSR count). The predicted octanol–water partition coefficient (Wildman–Crippen LogP) is 3.86. The molecule has 1 aromatic carbocycles. The average molecular weight is 375 g/mol. The van der Waals surface area contributed by atoms with Gasteiger partial charge in [-0.15, -0.1) is 0 Å². The van der Waals surface area contributed by atoms with E-state index in [4.69, 9.17) is 0 Å². The van der Waals surface area contributed by atoms with Crippen molar-refractivity contribution in [1.82, 2.24) is 15.3 Å². The molecule has 2 aromatic rings. The molecule has 0 saturated carbocycles. The summed E-state index contributed by atoms with van der Waals surface area (Å²) in [5.41, 5.74) is 4.03. The summed E-state index contributed by atoms with van der Waals surface area (Å²) < 4.78 is 1.17. The molecule has 1 aliphatic rings. The van der Waals surface area contributed by atoms with Crippen LogP contribution < -0.4 is 10.2 Å². The first-order chi connectivity index (χ1) is 11.1. The van der Waals surface area contributed by atoms with Crippen molar-refractivity contribution in [2.75, 3.05) is 19.0 Å². The topological polar surface area (TPSA) is 41.1 Å². The quantitative estimate of drug-likeness (QED) is 0.824. The molecule has 1 unspecified atom stereocenters. The number of nitrogens with zero attached hydrogens (tertiary/aromatic N) is 3. The molecule has 1 aromatic heterocycles. The Bertz CT molecular complexity index is 655. The second kappa shape index (κ2) is 7.41. The van der Waals surface area contributed by atoms with Crippen LogP contribution in [0.3, 0.4) is 0 Å². The maximum absolute atomic E-state index is 4.38. The van der Waals surface area contributed by atoms with Crippen LogP contribution in [0.5, 0.6) is 0 Å². The van der Waals surface area contributed by atoms with Gasteiger partial charge in [-0.2, -0.15) is 0 Å². The lowest BCUT2D eigenvalue weighted by molar-refractivity contribution is 0.488. The van der Waals surface area contributed by atoms with E-state index in [0.29, 0.717) is 6.04 Å². The molecule has 0 aliphatic heterocycles. The molecular formula is C18H23BrN4. The fraction of sp³-hybridized carbons (Fsp3) is 0.444. The fourth-order valence-electron chi connectivity index (χ4n) is 3.07. The molecule has 0 radical (unpaired) electrons. The van der Waals surface area contributed by atoms with Crippen LogP contribution >= 0.6 is 15.9 Å². The van der Waals surface area contributed by atoms with Crippen LogP contribution in [-0.4, -0.2) is 24.1 Å². The molecule has 1 atom stereocenters. The van der Waals surface area contributed by atoms with Gasteiger partial charge in [-0.1, -0.05) is 28.4 Å². The summed E-state index contributed by atoms with van der Waals surface area (Å²) in [5, 5.41) is 3.69. The minimum Gasteiger partial charge on any atom is -0.347 e. The van der Waals surface area contributed by atoms with Gasteiger partial charge in [0.15, 0.2) is 0 Å². The maximum atomic E-state index is 4.38. The number of fused-ring (bicyclic) bond motifs is 1. The predicted molar refractivity (Wildman–Crippen MR) is 97.6 cm³/mol. The van der Waals surface area contributed by atoms with Crippen molar-refractivity contribution in [3.8, 4) is 0 Å². The summed E-state index contributed by atoms with van der Waals surface area (Å²) >= 11 is 3.59. The van der Waals surface area contributed by atoms with E-state index in [1.165, 1.54) is 41.3 Å². The first-order valence-electron chi connectivity index (χ1n) is 8.13. The Morgan fingerprint density at radius 1 is 1.22 bits per heavy atom. The van der Waals surface area contributed by atoms with Gasteiger partial charge in [0.2, 0.25) is 5.95 Å². The third-order valence-electron chi connectivity index (χ3n) is 4.31. The Morgan fingerprint density at radius 2 is 2.00 bits per heavy atom. The largest absolute Gasteiger partial charge is 0.347 e. The van der Waals surface area contributed by atoms with Crippen LogP contribution in [0.25, 0.3) is 0 Å². The molecular weight excluding hydrogens is 352 g/mol. The molecule has 1 heterocycles. The number of benzene rings is 1. The number of halogens is 1. The van der Waals surface area contributed by atoms with Gasteiger partial charge in [0.05, 0.1) is 0 Å². The van der Waals surface area contributed by atoms with Gasteiger partial charge in [-0.3, -0.25) is 0 Å². The number of aryl methyl sites for hydroxylation is 1. The number of aromatic nitrogens is 2. The maximum Gasteiger partial charge on any atom is 0.224 e. The summed E-state index contributed by atoms with van der Waals surface area (Å²) in [4.78, 5) is 10.7. The average Bonchev–Trinajstić information content (AvgIpc) is 2.75. The molecule has 122 valence electrons. The van der Waals surface area contributed by atoms with Crippen molar-refractivity contribution < 1.29 is 0 Å². The lowest BCUT2D eigenvalue weighted by Crippen LogP contribution is -2.21. The van der Waals surface area contributed by atoms with Crippen LogP contribution in [0.15, 0.2) is 35.1 Å². The monoisotopic (exact) mass is 374 g/mol. The van der Waals surface area contributed by atoms with Crippen LogP contribution in [-0.2, 0) is 13.0 Å². The van der Waals surface area contributed by atoms with Crippen LogP contribution in [0.2, 0.25) is 0 Å². The number of hydrogen-bond donors (Lipinski definition) is 1. The Kier molecular flexibility index (Phi) is 5.28. The molecule has 0 saturated heterocycles. The summed E-state index contributed by atoms with van der Waals surface area (Å²) in [6, 6.07) is 7.08. The van der Waals surface area contributed by atoms with Gasteiger partial charge >= 0.3 is 0 Å². The second-order valence-corrected chi connectivity index (χ2v) is 7.22. The van der Waals surface area contributed by atoms with E-state index in [9.17, 15) is 0 Å². The molecule has 4 nitrogen and oxygen atoms in total. The van der Waals surface area contributed by atoms with Crippen molar-refractivity contribution in [3.63, 3.8) is 0 Å². The highest BCUT2D eigenvalue weighted by molar-refractivity contribution is 9.10. The first kappa shape index (κ1) is 16.4. The van der Waals surface area contributed by atoms with E-state index in [1.54, 1.807) is 0 Å². The van der Waals surface area contributed by atoms with Gasteiger partial charge in [-0.05, 0) is 42.5 Å². The lowest BCUT2D eigenvalue weighted by atomic mass is 9.99. The molecule has 5 heteroatoms. The van der Waals surface area contributed by atoms with Crippen molar-refractivity contribution in [1.29, 1.82) is 0 Å². The van der Waals surface area contributed by atoms with Crippen molar-refractivity contribution >= 4 is 21.9 Å². The molecule has 0 fully saturated rings. The van der Waals surface area contributed by atoms with E-state index in [1.807, 2.05) is 31.4 Å². The Morgan fingerprint density at radius 3 is 2.74 bits per heavy atom. The van der Waals surface area contributed by atoms with E-state index >= 15 is 0 Å². The minimum absolute atomic E-state index is 0.411. The van der Waals surface area contributed by atoms with Crippen LogP contribution in [0, 0.1) is 0 Å². The normalized spacial score (nSPS) is 17.4. The van der Waals surface area contributed by atoms with Crippen molar-refractivity contribution in [3.05, 3.63) is 51.8 Å². The van der Waals surface area contributed by atoms with Gasteiger partial charge in [0.25, 0.3) is 0 Å². The fourth-order valence-corrected chi connectivity index (χ4v) is 3.48. The van der Waals surface area contributed by atoms with Gasteiger partial charge in [0, 0.05) is 49.1 Å². The molecule has 1 aliphatic carbocycles. The molecule has 23 heavy (non-hydrogen) atoms. The first-order valence-corrected chi connectivity index (χ1v) is 8.93. The number of hydrogen-bond acceptors (Lipinski definition) is 4. The van der Waals surface area contributed by atoms with Crippen molar-refractivity contribution in [2.24, 2.45) is 0 Å². The van der Waals surface area contributed by atoms with E-state index in [2.05, 4.69) is 49.4 Å². The van der Waals surface area contributed by atoms with Crippen LogP contribution in [0.4, 0.5) is 5.95 Å². The van der Waals surface area contributed by atoms with Crippen LogP contribution in [0.1, 0.15) is 42.0 Å².